The third-order valence-corrected chi connectivity index (χ3v) is 3.32. The van der Waals surface area contributed by atoms with Gasteiger partial charge >= 0.3 is 5.97 Å². The highest BCUT2D eigenvalue weighted by Gasteiger charge is 2.10. The van der Waals surface area contributed by atoms with E-state index in [0.29, 0.717) is 22.3 Å². The molecule has 0 heterocycles. The lowest BCUT2D eigenvalue weighted by molar-refractivity contribution is 0.0692. The average molecular weight is 342 g/mol. The van der Waals surface area contributed by atoms with E-state index in [4.69, 9.17) is 5.11 Å². The number of carboxylic acids is 1. The lowest BCUT2D eigenvalue weighted by atomic mass is 10.1. The van der Waals surface area contributed by atoms with Crippen LogP contribution in [0.15, 0.2) is 40.9 Å². The molecule has 0 radical (unpaired) electrons. The molecule has 3 nitrogen and oxygen atoms in total. The molecular formula is C14H10BrF2NO2. The number of hydrogen-bond acceptors (Lipinski definition) is 2. The second-order valence-electron chi connectivity index (χ2n) is 4.10. The number of benzene rings is 2. The van der Waals surface area contributed by atoms with Crippen molar-refractivity contribution in [1.29, 1.82) is 0 Å². The maximum absolute atomic E-state index is 13.3. The number of aromatic carboxylic acids is 1. The van der Waals surface area contributed by atoms with E-state index in [9.17, 15) is 13.6 Å². The monoisotopic (exact) mass is 341 g/mol. The Balaban J connectivity index is 2.12. The number of carboxylic acid groups (broad SMARTS) is 1. The number of nitrogens with one attached hydrogen (secondary N) is 1. The minimum absolute atomic E-state index is 0.300. The Kier molecular flexibility index (Phi) is 4.34. The molecule has 0 aliphatic carbocycles. The van der Waals surface area contributed by atoms with Gasteiger partial charge in [-0.1, -0.05) is 6.07 Å². The van der Waals surface area contributed by atoms with Crippen LogP contribution in [0.5, 0.6) is 0 Å². The predicted octanol–water partition coefficient (Wildman–Crippen LogP) is 4.04. The van der Waals surface area contributed by atoms with Crippen LogP contribution < -0.4 is 5.32 Å². The first-order valence-corrected chi connectivity index (χ1v) is 6.47. The normalized spacial score (nSPS) is 10.3. The maximum Gasteiger partial charge on any atom is 0.338 e. The van der Waals surface area contributed by atoms with Crippen molar-refractivity contribution in [3.8, 4) is 0 Å². The maximum atomic E-state index is 13.3. The van der Waals surface area contributed by atoms with Crippen molar-refractivity contribution in [3.63, 3.8) is 0 Å². The molecule has 2 rings (SSSR count). The van der Waals surface area contributed by atoms with Crippen LogP contribution in [0.3, 0.4) is 0 Å². The quantitative estimate of drug-likeness (QED) is 0.882. The van der Waals surface area contributed by atoms with E-state index >= 15 is 0 Å². The van der Waals surface area contributed by atoms with Crippen LogP contribution in [0.1, 0.15) is 15.9 Å². The number of halogens is 3. The van der Waals surface area contributed by atoms with Gasteiger partial charge in [0.15, 0.2) is 0 Å². The summed E-state index contributed by atoms with van der Waals surface area (Å²) in [5, 5.41) is 11.7. The first kappa shape index (κ1) is 14.5. The van der Waals surface area contributed by atoms with Gasteiger partial charge in [-0.2, -0.15) is 0 Å². The fraction of sp³-hybridized carbons (Fsp3) is 0.0714. The SMILES string of the molecule is O=C(O)c1cc(NCc2ccc(Br)c(F)c2)ccc1F. The van der Waals surface area contributed by atoms with Crippen LogP contribution in [-0.4, -0.2) is 11.1 Å². The van der Waals surface area contributed by atoms with Gasteiger partial charge in [0.05, 0.1) is 10.0 Å². The molecular weight excluding hydrogens is 332 g/mol. The summed E-state index contributed by atoms with van der Waals surface area (Å²) in [4.78, 5) is 10.8. The molecule has 20 heavy (non-hydrogen) atoms. The lowest BCUT2D eigenvalue weighted by Crippen LogP contribution is -2.04. The molecule has 2 N–H and O–H groups in total. The summed E-state index contributed by atoms with van der Waals surface area (Å²) < 4.78 is 26.9. The minimum atomic E-state index is -1.33. The van der Waals surface area contributed by atoms with Crippen LogP contribution in [0.25, 0.3) is 0 Å². The Morgan fingerprint density at radius 3 is 2.55 bits per heavy atom. The Morgan fingerprint density at radius 2 is 1.90 bits per heavy atom. The van der Waals surface area contributed by atoms with E-state index in [1.54, 1.807) is 12.1 Å². The summed E-state index contributed by atoms with van der Waals surface area (Å²) in [6, 6.07) is 8.37. The molecule has 0 aromatic heterocycles. The molecule has 0 unspecified atom stereocenters. The van der Waals surface area contributed by atoms with Gasteiger partial charge in [0.1, 0.15) is 11.6 Å². The molecule has 2 aromatic carbocycles. The predicted molar refractivity (Wildman–Crippen MR) is 74.8 cm³/mol. The number of anilines is 1. The highest BCUT2D eigenvalue weighted by atomic mass is 79.9. The van der Waals surface area contributed by atoms with Crippen molar-refractivity contribution in [2.45, 2.75) is 6.54 Å². The standard InChI is InChI=1S/C14H10BrF2NO2/c15-11-3-1-8(5-13(11)17)7-18-9-2-4-12(16)10(6-9)14(19)20/h1-6,18H,7H2,(H,19,20). The highest BCUT2D eigenvalue weighted by molar-refractivity contribution is 9.10. The molecule has 6 heteroatoms. The third kappa shape index (κ3) is 3.33. The zero-order valence-corrected chi connectivity index (χ0v) is 11.7. The molecule has 0 spiro atoms. The van der Waals surface area contributed by atoms with Crippen molar-refractivity contribution in [2.75, 3.05) is 5.32 Å². The van der Waals surface area contributed by atoms with E-state index in [0.717, 1.165) is 6.07 Å². The minimum Gasteiger partial charge on any atom is -0.478 e. The molecule has 0 fully saturated rings. The van der Waals surface area contributed by atoms with E-state index in [-0.39, 0.29) is 5.82 Å². The molecule has 0 aliphatic rings. The highest BCUT2D eigenvalue weighted by Crippen LogP contribution is 2.19. The molecule has 0 atom stereocenters. The van der Waals surface area contributed by atoms with Gasteiger partial charge in [-0.05, 0) is 51.8 Å². The summed E-state index contributed by atoms with van der Waals surface area (Å²) in [6.07, 6.45) is 0. The van der Waals surface area contributed by atoms with Crippen LogP contribution in [0, 0.1) is 11.6 Å². The van der Waals surface area contributed by atoms with Crippen molar-refractivity contribution in [3.05, 3.63) is 63.6 Å². The first-order valence-electron chi connectivity index (χ1n) is 5.68. The summed E-state index contributed by atoms with van der Waals surface area (Å²) in [7, 11) is 0. The zero-order valence-electron chi connectivity index (χ0n) is 10.2. The molecule has 0 aliphatic heterocycles. The van der Waals surface area contributed by atoms with Gasteiger partial charge in [-0.3, -0.25) is 0 Å². The molecule has 104 valence electrons. The van der Waals surface area contributed by atoms with E-state index < -0.39 is 17.3 Å². The van der Waals surface area contributed by atoms with Crippen molar-refractivity contribution >= 4 is 27.6 Å². The number of rotatable bonds is 4. The summed E-state index contributed by atoms with van der Waals surface area (Å²) in [6.45, 7) is 0.300. The van der Waals surface area contributed by atoms with E-state index in [1.165, 1.54) is 18.2 Å². The van der Waals surface area contributed by atoms with Gasteiger partial charge in [0, 0.05) is 12.2 Å². The topological polar surface area (TPSA) is 49.3 Å². The van der Waals surface area contributed by atoms with Crippen LogP contribution >= 0.6 is 15.9 Å². The van der Waals surface area contributed by atoms with Crippen LogP contribution in [-0.2, 0) is 6.54 Å². The van der Waals surface area contributed by atoms with Gasteiger partial charge in [-0.25, -0.2) is 13.6 Å². The molecule has 0 bridgehead atoms. The van der Waals surface area contributed by atoms with E-state index in [2.05, 4.69) is 21.2 Å². The molecule has 2 aromatic rings. The first-order chi connectivity index (χ1) is 9.47. The molecule has 0 amide bonds. The van der Waals surface area contributed by atoms with Gasteiger partial charge in [0.25, 0.3) is 0 Å². The molecule has 0 saturated carbocycles. The zero-order chi connectivity index (χ0) is 14.7. The fourth-order valence-electron chi connectivity index (χ4n) is 1.65. The third-order valence-electron chi connectivity index (χ3n) is 2.68. The van der Waals surface area contributed by atoms with Crippen molar-refractivity contribution in [1.82, 2.24) is 0 Å². The average Bonchev–Trinajstić information content (AvgIpc) is 2.41. The van der Waals surface area contributed by atoms with Crippen LogP contribution in [0.2, 0.25) is 0 Å². The number of hydrogen-bond donors (Lipinski definition) is 2. The van der Waals surface area contributed by atoms with Gasteiger partial charge in [0.2, 0.25) is 0 Å². The van der Waals surface area contributed by atoms with Crippen LogP contribution in [0.4, 0.5) is 14.5 Å². The Morgan fingerprint density at radius 1 is 1.15 bits per heavy atom. The smallest absolute Gasteiger partial charge is 0.338 e. The lowest BCUT2D eigenvalue weighted by Gasteiger charge is -2.08. The van der Waals surface area contributed by atoms with Crippen molar-refractivity contribution in [2.24, 2.45) is 0 Å². The fourth-order valence-corrected chi connectivity index (χ4v) is 1.90. The Hall–Kier alpha value is -1.95. The summed E-state index contributed by atoms with van der Waals surface area (Å²) in [5.74, 6) is -2.51. The summed E-state index contributed by atoms with van der Waals surface area (Å²) >= 11 is 3.06. The largest absolute Gasteiger partial charge is 0.478 e. The van der Waals surface area contributed by atoms with Gasteiger partial charge in [-0.15, -0.1) is 0 Å². The Bertz CT molecular complexity index is 662. The number of carbonyl (C=O) groups is 1. The van der Waals surface area contributed by atoms with E-state index in [1.807, 2.05) is 0 Å². The second kappa shape index (κ2) is 6.00. The second-order valence-corrected chi connectivity index (χ2v) is 4.96. The molecule has 0 saturated heterocycles. The summed E-state index contributed by atoms with van der Waals surface area (Å²) in [5.41, 5.74) is 0.732. The Labute approximate surface area is 122 Å². The van der Waals surface area contributed by atoms with Crippen molar-refractivity contribution < 1.29 is 18.7 Å². The van der Waals surface area contributed by atoms with Gasteiger partial charge < -0.3 is 10.4 Å².